The molecule has 130 valence electrons. The summed E-state index contributed by atoms with van der Waals surface area (Å²) in [5.41, 5.74) is 4.73. The van der Waals surface area contributed by atoms with E-state index in [0.717, 1.165) is 35.7 Å². The van der Waals surface area contributed by atoms with Gasteiger partial charge >= 0.3 is 0 Å². The number of carbonyl (C=O) groups is 1. The third-order valence-electron chi connectivity index (χ3n) is 4.53. The van der Waals surface area contributed by atoms with Crippen LogP contribution in [0.15, 0.2) is 54.6 Å². The highest BCUT2D eigenvalue weighted by Gasteiger charge is 2.22. The SMILES string of the molecule is Cc1ccc(NC(=O)c2cc(N3CCc4ccccc43)nc(C)n2)cc1. The van der Waals surface area contributed by atoms with E-state index in [1.807, 2.05) is 50.2 Å². The van der Waals surface area contributed by atoms with Crippen LogP contribution in [0.4, 0.5) is 17.2 Å². The van der Waals surface area contributed by atoms with Crippen LogP contribution in [0.3, 0.4) is 0 Å². The van der Waals surface area contributed by atoms with Crippen molar-refractivity contribution >= 4 is 23.1 Å². The maximum absolute atomic E-state index is 12.6. The number of nitrogens with zero attached hydrogens (tertiary/aromatic N) is 3. The molecule has 1 aromatic heterocycles. The van der Waals surface area contributed by atoms with E-state index in [-0.39, 0.29) is 5.91 Å². The number of fused-ring (bicyclic) bond motifs is 1. The van der Waals surface area contributed by atoms with Gasteiger partial charge in [0.05, 0.1) is 0 Å². The van der Waals surface area contributed by atoms with Crippen LogP contribution in [-0.2, 0) is 6.42 Å². The molecule has 5 nitrogen and oxygen atoms in total. The summed E-state index contributed by atoms with van der Waals surface area (Å²) in [6.45, 7) is 4.68. The fraction of sp³-hybridized carbons (Fsp3) is 0.190. The first-order valence-electron chi connectivity index (χ1n) is 8.69. The van der Waals surface area contributed by atoms with Gasteiger partial charge in [-0.3, -0.25) is 4.79 Å². The minimum atomic E-state index is -0.229. The van der Waals surface area contributed by atoms with Crippen molar-refractivity contribution in [3.63, 3.8) is 0 Å². The minimum Gasteiger partial charge on any atom is -0.326 e. The predicted molar refractivity (Wildman–Crippen MR) is 103 cm³/mol. The first-order valence-corrected chi connectivity index (χ1v) is 8.69. The van der Waals surface area contributed by atoms with E-state index in [1.165, 1.54) is 5.56 Å². The molecule has 1 aliphatic heterocycles. The van der Waals surface area contributed by atoms with Crippen molar-refractivity contribution in [2.45, 2.75) is 20.3 Å². The number of nitrogens with one attached hydrogen (secondary N) is 1. The van der Waals surface area contributed by atoms with Crippen LogP contribution in [0.25, 0.3) is 0 Å². The molecule has 2 heterocycles. The molecule has 26 heavy (non-hydrogen) atoms. The predicted octanol–water partition coefficient (Wildman–Crippen LogP) is 4.04. The second-order valence-electron chi connectivity index (χ2n) is 6.51. The summed E-state index contributed by atoms with van der Waals surface area (Å²) in [6.07, 6.45) is 0.976. The van der Waals surface area contributed by atoms with Gasteiger partial charge in [0.2, 0.25) is 0 Å². The normalized spacial score (nSPS) is 12.8. The number of amides is 1. The molecule has 5 heteroatoms. The minimum absolute atomic E-state index is 0.229. The van der Waals surface area contributed by atoms with Gasteiger partial charge in [0.25, 0.3) is 5.91 Å². The van der Waals surface area contributed by atoms with Gasteiger partial charge in [-0.1, -0.05) is 35.9 Å². The summed E-state index contributed by atoms with van der Waals surface area (Å²) < 4.78 is 0. The number of aromatic nitrogens is 2. The third kappa shape index (κ3) is 3.16. The van der Waals surface area contributed by atoms with E-state index in [0.29, 0.717) is 11.5 Å². The van der Waals surface area contributed by atoms with Crippen LogP contribution >= 0.6 is 0 Å². The third-order valence-corrected chi connectivity index (χ3v) is 4.53. The fourth-order valence-electron chi connectivity index (χ4n) is 3.21. The molecule has 0 spiro atoms. The van der Waals surface area contributed by atoms with Crippen LogP contribution in [-0.4, -0.2) is 22.4 Å². The first-order chi connectivity index (χ1) is 12.6. The monoisotopic (exact) mass is 344 g/mol. The van der Waals surface area contributed by atoms with Gasteiger partial charge in [-0.2, -0.15) is 0 Å². The van der Waals surface area contributed by atoms with E-state index < -0.39 is 0 Å². The number of anilines is 3. The number of carbonyl (C=O) groups excluding carboxylic acids is 1. The lowest BCUT2D eigenvalue weighted by atomic mass is 10.2. The first kappa shape index (κ1) is 16.3. The lowest BCUT2D eigenvalue weighted by Gasteiger charge is -2.19. The molecular weight excluding hydrogens is 324 g/mol. The lowest BCUT2D eigenvalue weighted by Crippen LogP contribution is -2.19. The van der Waals surface area contributed by atoms with E-state index in [4.69, 9.17) is 0 Å². The highest BCUT2D eigenvalue weighted by atomic mass is 16.1. The van der Waals surface area contributed by atoms with Gasteiger partial charge in [-0.15, -0.1) is 0 Å². The highest BCUT2D eigenvalue weighted by molar-refractivity contribution is 6.03. The summed E-state index contributed by atoms with van der Waals surface area (Å²) in [6, 6.07) is 17.8. The largest absolute Gasteiger partial charge is 0.326 e. The maximum Gasteiger partial charge on any atom is 0.274 e. The smallest absolute Gasteiger partial charge is 0.274 e. The molecule has 0 saturated heterocycles. The number of hydrogen-bond acceptors (Lipinski definition) is 4. The molecule has 3 aromatic rings. The second kappa shape index (κ2) is 6.59. The Hall–Kier alpha value is -3.21. The Balaban J connectivity index is 1.62. The van der Waals surface area contributed by atoms with E-state index >= 15 is 0 Å². The Labute approximate surface area is 152 Å². The van der Waals surface area contributed by atoms with Gasteiger partial charge in [-0.05, 0) is 44.0 Å². The van der Waals surface area contributed by atoms with E-state index in [9.17, 15) is 4.79 Å². The zero-order valence-electron chi connectivity index (χ0n) is 14.9. The standard InChI is InChI=1S/C21H20N4O/c1-14-7-9-17(10-8-14)24-21(26)18-13-20(23-15(2)22-18)25-12-11-16-5-3-4-6-19(16)25/h3-10,13H,11-12H2,1-2H3,(H,24,26). The zero-order valence-corrected chi connectivity index (χ0v) is 14.9. The summed E-state index contributed by atoms with van der Waals surface area (Å²) in [4.78, 5) is 23.7. The molecular formula is C21H20N4O. The van der Waals surface area contributed by atoms with Crippen LogP contribution < -0.4 is 10.2 Å². The summed E-state index contributed by atoms with van der Waals surface area (Å²) in [7, 11) is 0. The molecule has 4 rings (SSSR count). The summed E-state index contributed by atoms with van der Waals surface area (Å²) in [5, 5.41) is 2.90. The molecule has 1 N–H and O–H groups in total. The number of benzene rings is 2. The molecule has 0 radical (unpaired) electrons. The van der Waals surface area contributed by atoms with Gasteiger partial charge < -0.3 is 10.2 Å². The molecule has 0 saturated carbocycles. The Morgan fingerprint density at radius 3 is 2.62 bits per heavy atom. The van der Waals surface area contributed by atoms with Crippen molar-refractivity contribution in [2.24, 2.45) is 0 Å². The molecule has 0 fully saturated rings. The average Bonchev–Trinajstić information content (AvgIpc) is 3.07. The number of rotatable bonds is 3. The summed E-state index contributed by atoms with van der Waals surface area (Å²) >= 11 is 0. The molecule has 0 bridgehead atoms. The number of hydrogen-bond donors (Lipinski definition) is 1. The Kier molecular flexibility index (Phi) is 4.13. The van der Waals surface area contributed by atoms with Crippen LogP contribution in [0, 0.1) is 13.8 Å². The average molecular weight is 344 g/mol. The van der Waals surface area contributed by atoms with Gasteiger partial charge in [0.1, 0.15) is 17.3 Å². The number of para-hydroxylation sites is 1. The topological polar surface area (TPSA) is 58.1 Å². The lowest BCUT2D eigenvalue weighted by molar-refractivity contribution is 0.102. The van der Waals surface area contributed by atoms with Crippen molar-refractivity contribution < 1.29 is 4.79 Å². The van der Waals surface area contributed by atoms with Crippen LogP contribution in [0.1, 0.15) is 27.4 Å². The van der Waals surface area contributed by atoms with Gasteiger partial charge in [0, 0.05) is 24.0 Å². The second-order valence-corrected chi connectivity index (χ2v) is 6.51. The maximum atomic E-state index is 12.6. The number of aryl methyl sites for hydroxylation is 2. The van der Waals surface area contributed by atoms with Crippen molar-refractivity contribution in [1.82, 2.24) is 9.97 Å². The highest BCUT2D eigenvalue weighted by Crippen LogP contribution is 2.33. The molecule has 1 aliphatic rings. The molecule has 0 aliphatic carbocycles. The Morgan fingerprint density at radius 2 is 1.81 bits per heavy atom. The Bertz CT molecular complexity index is 966. The van der Waals surface area contributed by atoms with Gasteiger partial charge in [0.15, 0.2) is 0 Å². The van der Waals surface area contributed by atoms with Crippen molar-refractivity contribution in [1.29, 1.82) is 0 Å². The zero-order chi connectivity index (χ0) is 18.1. The quantitative estimate of drug-likeness (QED) is 0.779. The molecule has 2 aromatic carbocycles. The van der Waals surface area contributed by atoms with Crippen molar-refractivity contribution in [3.8, 4) is 0 Å². The molecule has 0 unspecified atom stereocenters. The van der Waals surface area contributed by atoms with Gasteiger partial charge in [-0.25, -0.2) is 9.97 Å². The molecule has 0 atom stereocenters. The Morgan fingerprint density at radius 1 is 1.04 bits per heavy atom. The van der Waals surface area contributed by atoms with Crippen molar-refractivity contribution in [2.75, 3.05) is 16.8 Å². The summed E-state index contributed by atoms with van der Waals surface area (Å²) in [5.74, 6) is 1.12. The molecule has 1 amide bonds. The van der Waals surface area contributed by atoms with E-state index in [1.54, 1.807) is 6.07 Å². The van der Waals surface area contributed by atoms with E-state index in [2.05, 4.69) is 32.3 Å². The fourth-order valence-corrected chi connectivity index (χ4v) is 3.21. The van der Waals surface area contributed by atoms with Crippen LogP contribution in [0.5, 0.6) is 0 Å². The van der Waals surface area contributed by atoms with Crippen molar-refractivity contribution in [3.05, 3.63) is 77.2 Å². The van der Waals surface area contributed by atoms with Crippen LogP contribution in [0.2, 0.25) is 0 Å².